The van der Waals surface area contributed by atoms with Gasteiger partial charge in [0.05, 0.1) is 5.92 Å². The Balaban J connectivity index is 1.20. The van der Waals surface area contributed by atoms with Crippen molar-refractivity contribution in [3.63, 3.8) is 0 Å². The summed E-state index contributed by atoms with van der Waals surface area (Å²) in [7, 11) is 0. The molecule has 1 amide bonds. The lowest BCUT2D eigenvalue weighted by Crippen LogP contribution is -2.52. The number of aryl methyl sites for hydroxylation is 2. The van der Waals surface area contributed by atoms with E-state index in [0.717, 1.165) is 62.4 Å². The van der Waals surface area contributed by atoms with Gasteiger partial charge in [-0.25, -0.2) is 0 Å². The molecule has 0 aliphatic carbocycles. The first-order valence-corrected chi connectivity index (χ1v) is 12.2. The van der Waals surface area contributed by atoms with Crippen LogP contribution in [0, 0.1) is 19.8 Å². The number of aromatic nitrogens is 3. The summed E-state index contributed by atoms with van der Waals surface area (Å²) in [6.07, 6.45) is 5.92. The van der Waals surface area contributed by atoms with Crippen molar-refractivity contribution in [3.8, 4) is 5.13 Å². The van der Waals surface area contributed by atoms with E-state index >= 15 is 0 Å². The Kier molecular flexibility index (Phi) is 5.87. The maximum Gasteiger partial charge on any atom is 0.227 e. The number of carbonyl (C=O) groups is 1. The fourth-order valence-corrected chi connectivity index (χ4v) is 5.59. The summed E-state index contributed by atoms with van der Waals surface area (Å²) in [6.45, 7) is 9.33. The van der Waals surface area contributed by atoms with Crippen LogP contribution >= 0.6 is 11.3 Å². The third-order valence-electron chi connectivity index (χ3n) is 6.57. The zero-order chi connectivity index (χ0) is 22.1. The Morgan fingerprint density at radius 2 is 1.72 bits per heavy atom. The molecular formula is C24H30N6OS. The molecule has 2 saturated heterocycles. The van der Waals surface area contributed by atoms with Gasteiger partial charge in [-0.05, 0) is 56.0 Å². The molecule has 0 spiro atoms. The van der Waals surface area contributed by atoms with Crippen molar-refractivity contribution in [1.29, 1.82) is 0 Å². The van der Waals surface area contributed by atoms with Gasteiger partial charge < -0.3 is 14.7 Å². The summed E-state index contributed by atoms with van der Waals surface area (Å²) in [5.74, 6) is 0.334. The highest BCUT2D eigenvalue weighted by molar-refractivity contribution is 7.17. The fraction of sp³-hybridized carbons (Fsp3) is 0.458. The minimum Gasteiger partial charge on any atom is -0.368 e. The smallest absolute Gasteiger partial charge is 0.227 e. The lowest BCUT2D eigenvalue weighted by atomic mass is 9.96. The lowest BCUT2D eigenvalue weighted by molar-refractivity contribution is -0.136. The van der Waals surface area contributed by atoms with Crippen molar-refractivity contribution in [3.05, 3.63) is 53.9 Å². The van der Waals surface area contributed by atoms with E-state index in [9.17, 15) is 4.79 Å². The Hall–Kier alpha value is -2.87. The first kappa shape index (κ1) is 21.0. The molecule has 0 saturated carbocycles. The summed E-state index contributed by atoms with van der Waals surface area (Å²) in [4.78, 5) is 20.1. The molecule has 2 aliphatic heterocycles. The standard InChI is InChI=1S/C24H30N6OS/c1-18-7-8-19(2)21(16-18)27-12-14-28(15-13-27)22(31)20-6-5-11-30(17-20)24-26-25-23(32-24)29-9-3-4-10-29/h3-4,7-10,16,20H,5-6,11-15,17H2,1-2H3/t20-/m1/s1. The van der Waals surface area contributed by atoms with Crippen molar-refractivity contribution < 1.29 is 4.79 Å². The topological polar surface area (TPSA) is 57.5 Å². The van der Waals surface area contributed by atoms with Crippen LogP contribution in [0.2, 0.25) is 0 Å². The number of nitrogens with zero attached hydrogens (tertiary/aromatic N) is 6. The highest BCUT2D eigenvalue weighted by atomic mass is 32.1. The summed E-state index contributed by atoms with van der Waals surface area (Å²) in [6, 6.07) is 10.6. The van der Waals surface area contributed by atoms with Gasteiger partial charge in [0.25, 0.3) is 0 Å². The van der Waals surface area contributed by atoms with Gasteiger partial charge in [-0.2, -0.15) is 0 Å². The van der Waals surface area contributed by atoms with Crippen LogP contribution in [0.1, 0.15) is 24.0 Å². The van der Waals surface area contributed by atoms with Crippen LogP contribution in [0.15, 0.2) is 42.7 Å². The van der Waals surface area contributed by atoms with E-state index in [0.29, 0.717) is 5.91 Å². The van der Waals surface area contributed by atoms with Crippen molar-refractivity contribution in [2.24, 2.45) is 5.92 Å². The van der Waals surface area contributed by atoms with Gasteiger partial charge in [0.15, 0.2) is 0 Å². The van der Waals surface area contributed by atoms with E-state index in [2.05, 4.69) is 56.9 Å². The number of amides is 1. The van der Waals surface area contributed by atoms with Gasteiger partial charge in [-0.1, -0.05) is 23.5 Å². The number of hydrogen-bond donors (Lipinski definition) is 0. The molecule has 0 unspecified atom stereocenters. The van der Waals surface area contributed by atoms with Gasteiger partial charge in [-0.15, -0.1) is 10.2 Å². The van der Waals surface area contributed by atoms with E-state index in [1.54, 1.807) is 11.3 Å². The molecule has 1 aromatic carbocycles. The molecule has 7 nitrogen and oxygen atoms in total. The van der Waals surface area contributed by atoms with Gasteiger partial charge in [-0.3, -0.25) is 9.36 Å². The first-order valence-electron chi connectivity index (χ1n) is 11.4. The van der Waals surface area contributed by atoms with Crippen molar-refractivity contribution in [2.75, 3.05) is 49.1 Å². The summed E-state index contributed by atoms with van der Waals surface area (Å²) >= 11 is 1.58. The molecule has 1 atom stereocenters. The van der Waals surface area contributed by atoms with Gasteiger partial charge in [0, 0.05) is 57.3 Å². The molecule has 168 valence electrons. The maximum absolute atomic E-state index is 13.3. The molecule has 0 N–H and O–H groups in total. The van der Waals surface area contributed by atoms with Gasteiger partial charge in [0.1, 0.15) is 0 Å². The van der Waals surface area contributed by atoms with E-state index in [-0.39, 0.29) is 5.92 Å². The number of rotatable bonds is 4. The zero-order valence-corrected chi connectivity index (χ0v) is 19.6. The molecule has 3 aromatic rings. The second kappa shape index (κ2) is 8.94. The molecule has 0 radical (unpaired) electrons. The monoisotopic (exact) mass is 450 g/mol. The summed E-state index contributed by atoms with van der Waals surface area (Å²) in [5.41, 5.74) is 3.88. The number of anilines is 2. The van der Waals surface area contributed by atoms with Crippen LogP contribution in [0.4, 0.5) is 10.8 Å². The predicted octanol–water partition coefficient (Wildman–Crippen LogP) is 3.51. The average molecular weight is 451 g/mol. The quantitative estimate of drug-likeness (QED) is 0.609. The largest absolute Gasteiger partial charge is 0.368 e. The first-order chi connectivity index (χ1) is 15.6. The maximum atomic E-state index is 13.3. The zero-order valence-electron chi connectivity index (χ0n) is 18.8. The van der Waals surface area contributed by atoms with E-state index in [1.165, 1.54) is 16.8 Å². The molecule has 5 rings (SSSR count). The van der Waals surface area contributed by atoms with Gasteiger partial charge >= 0.3 is 0 Å². The van der Waals surface area contributed by atoms with Gasteiger partial charge in [0.2, 0.25) is 16.2 Å². The van der Waals surface area contributed by atoms with Crippen LogP contribution < -0.4 is 9.80 Å². The van der Waals surface area contributed by atoms with Crippen LogP contribution in [-0.4, -0.2) is 64.8 Å². The second-order valence-corrected chi connectivity index (χ2v) is 9.78. The molecule has 2 aromatic heterocycles. The molecule has 2 fully saturated rings. The molecule has 4 heterocycles. The molecule has 32 heavy (non-hydrogen) atoms. The van der Waals surface area contributed by atoms with Crippen molar-refractivity contribution in [2.45, 2.75) is 26.7 Å². The molecule has 8 heteroatoms. The number of benzene rings is 1. The Bertz CT molecular complexity index is 1070. The molecule has 0 bridgehead atoms. The number of carbonyl (C=O) groups excluding carboxylic acids is 1. The summed E-state index contributed by atoms with van der Waals surface area (Å²) < 4.78 is 1.98. The highest BCUT2D eigenvalue weighted by Crippen LogP contribution is 2.29. The third-order valence-corrected chi connectivity index (χ3v) is 7.56. The third kappa shape index (κ3) is 4.24. The minimum absolute atomic E-state index is 0.0370. The Labute approximate surface area is 193 Å². The van der Waals surface area contributed by atoms with E-state index < -0.39 is 0 Å². The van der Waals surface area contributed by atoms with Crippen LogP contribution in [-0.2, 0) is 4.79 Å². The Morgan fingerprint density at radius 3 is 2.50 bits per heavy atom. The lowest BCUT2D eigenvalue weighted by Gasteiger charge is -2.40. The SMILES string of the molecule is Cc1ccc(C)c(N2CCN(C(=O)[C@@H]3CCCN(c4nnc(-n5cccc5)s4)C3)CC2)c1. The van der Waals surface area contributed by atoms with E-state index in [1.807, 2.05) is 29.1 Å². The van der Waals surface area contributed by atoms with Crippen LogP contribution in [0.5, 0.6) is 0 Å². The number of piperidine rings is 1. The predicted molar refractivity (Wildman–Crippen MR) is 129 cm³/mol. The van der Waals surface area contributed by atoms with E-state index in [4.69, 9.17) is 0 Å². The normalized spacial score (nSPS) is 19.4. The van der Waals surface area contributed by atoms with Crippen molar-refractivity contribution in [1.82, 2.24) is 19.7 Å². The van der Waals surface area contributed by atoms with Crippen LogP contribution in [0.3, 0.4) is 0 Å². The number of piperazine rings is 1. The average Bonchev–Trinajstić information content (AvgIpc) is 3.53. The molecular weight excluding hydrogens is 420 g/mol. The number of hydrogen-bond acceptors (Lipinski definition) is 6. The van der Waals surface area contributed by atoms with Crippen LogP contribution in [0.25, 0.3) is 5.13 Å². The second-order valence-electron chi connectivity index (χ2n) is 8.84. The highest BCUT2D eigenvalue weighted by Gasteiger charge is 2.32. The minimum atomic E-state index is 0.0370. The van der Waals surface area contributed by atoms with Crippen molar-refractivity contribution >= 4 is 28.1 Å². The fourth-order valence-electron chi connectivity index (χ4n) is 4.74. The Morgan fingerprint density at radius 1 is 0.969 bits per heavy atom. The molecule has 2 aliphatic rings. The summed E-state index contributed by atoms with van der Waals surface area (Å²) in [5, 5.41) is 10.5.